The van der Waals surface area contributed by atoms with E-state index in [4.69, 9.17) is 12.2 Å². The summed E-state index contributed by atoms with van der Waals surface area (Å²) in [6, 6.07) is 5.72. The third-order valence-electron chi connectivity index (χ3n) is 4.30. The highest BCUT2D eigenvalue weighted by Gasteiger charge is 2.29. The van der Waals surface area contributed by atoms with Crippen LogP contribution in [0.25, 0.3) is 0 Å². The van der Waals surface area contributed by atoms with Crippen molar-refractivity contribution in [3.05, 3.63) is 40.4 Å². The summed E-state index contributed by atoms with van der Waals surface area (Å²) >= 11 is 5.11. The minimum Gasteiger partial charge on any atom is -0.354 e. The Balaban J connectivity index is 1.76. The summed E-state index contributed by atoms with van der Waals surface area (Å²) in [6.45, 7) is 2.86. The SMILES string of the molecule is CCn1c(CNC(=O)c2cccc(S(=O)(=O)N3CCNC(=O)C3)c2)n[nH]c1=S. The second-order valence-electron chi connectivity index (χ2n) is 6.09. The average molecular weight is 425 g/mol. The number of benzene rings is 1. The van der Waals surface area contributed by atoms with Gasteiger partial charge < -0.3 is 15.2 Å². The molecule has 3 N–H and O–H groups in total. The Labute approximate surface area is 167 Å². The number of amides is 2. The zero-order valence-electron chi connectivity index (χ0n) is 15.1. The van der Waals surface area contributed by atoms with Crippen molar-refractivity contribution >= 4 is 34.1 Å². The molecule has 0 saturated carbocycles. The molecular formula is C16H20N6O4S2. The first-order valence-electron chi connectivity index (χ1n) is 8.62. The Morgan fingerprint density at radius 2 is 2.18 bits per heavy atom. The first-order valence-corrected chi connectivity index (χ1v) is 10.5. The van der Waals surface area contributed by atoms with Crippen LogP contribution in [0.2, 0.25) is 0 Å². The van der Waals surface area contributed by atoms with Gasteiger partial charge in [-0.15, -0.1) is 0 Å². The number of rotatable bonds is 6. The maximum atomic E-state index is 12.8. The van der Waals surface area contributed by atoms with Crippen molar-refractivity contribution in [1.29, 1.82) is 0 Å². The summed E-state index contributed by atoms with van der Waals surface area (Å²) in [4.78, 5) is 23.9. The molecule has 0 aliphatic carbocycles. The number of piperazine rings is 1. The predicted octanol–water partition coefficient (Wildman–Crippen LogP) is 0.0111. The van der Waals surface area contributed by atoms with E-state index in [1.807, 2.05) is 6.92 Å². The lowest BCUT2D eigenvalue weighted by Crippen LogP contribution is -2.49. The summed E-state index contributed by atoms with van der Waals surface area (Å²) < 4.78 is 28.8. The number of nitrogens with zero attached hydrogens (tertiary/aromatic N) is 3. The van der Waals surface area contributed by atoms with Gasteiger partial charge in [-0.05, 0) is 37.3 Å². The molecule has 1 aromatic heterocycles. The first kappa shape index (κ1) is 20.2. The lowest BCUT2D eigenvalue weighted by molar-refractivity contribution is -0.122. The van der Waals surface area contributed by atoms with Crippen molar-refractivity contribution in [2.75, 3.05) is 19.6 Å². The number of hydrogen-bond donors (Lipinski definition) is 3. The Bertz CT molecular complexity index is 1060. The smallest absolute Gasteiger partial charge is 0.251 e. The van der Waals surface area contributed by atoms with E-state index in [0.29, 0.717) is 17.1 Å². The number of carbonyl (C=O) groups is 2. The number of aromatic amines is 1. The summed E-state index contributed by atoms with van der Waals surface area (Å²) in [6.07, 6.45) is 0. The van der Waals surface area contributed by atoms with E-state index in [1.165, 1.54) is 24.3 Å². The van der Waals surface area contributed by atoms with Gasteiger partial charge in [0.2, 0.25) is 15.9 Å². The molecule has 0 unspecified atom stereocenters. The van der Waals surface area contributed by atoms with Crippen molar-refractivity contribution < 1.29 is 18.0 Å². The van der Waals surface area contributed by atoms with Gasteiger partial charge in [0.05, 0.1) is 18.0 Å². The van der Waals surface area contributed by atoms with Crippen LogP contribution in [-0.2, 0) is 27.9 Å². The number of sulfonamides is 1. The Morgan fingerprint density at radius 1 is 1.39 bits per heavy atom. The van der Waals surface area contributed by atoms with Crippen LogP contribution in [0.5, 0.6) is 0 Å². The van der Waals surface area contributed by atoms with Crippen LogP contribution in [-0.4, -0.2) is 58.9 Å². The fourth-order valence-electron chi connectivity index (χ4n) is 2.84. The molecule has 1 saturated heterocycles. The van der Waals surface area contributed by atoms with Crippen molar-refractivity contribution in [3.8, 4) is 0 Å². The van der Waals surface area contributed by atoms with E-state index in [9.17, 15) is 18.0 Å². The summed E-state index contributed by atoms with van der Waals surface area (Å²) in [5, 5.41) is 12.0. The lowest BCUT2D eigenvalue weighted by atomic mass is 10.2. The topological polar surface area (TPSA) is 129 Å². The highest BCUT2D eigenvalue weighted by Crippen LogP contribution is 2.18. The molecule has 12 heteroatoms. The van der Waals surface area contributed by atoms with Gasteiger partial charge in [-0.25, -0.2) is 8.42 Å². The number of aromatic nitrogens is 3. The molecule has 2 amide bonds. The molecule has 1 aromatic carbocycles. The third kappa shape index (κ3) is 4.13. The Hall–Kier alpha value is -2.57. The average Bonchev–Trinajstić information content (AvgIpc) is 3.05. The fraction of sp³-hybridized carbons (Fsp3) is 0.375. The van der Waals surface area contributed by atoms with Crippen LogP contribution in [0.1, 0.15) is 23.1 Å². The minimum atomic E-state index is -3.87. The molecule has 10 nitrogen and oxygen atoms in total. The second-order valence-corrected chi connectivity index (χ2v) is 8.41. The lowest BCUT2D eigenvalue weighted by Gasteiger charge is -2.26. The highest BCUT2D eigenvalue weighted by atomic mass is 32.2. The molecule has 1 fully saturated rings. The Kier molecular flexibility index (Phi) is 5.91. The van der Waals surface area contributed by atoms with Gasteiger partial charge in [0.25, 0.3) is 5.91 Å². The van der Waals surface area contributed by atoms with E-state index in [1.54, 1.807) is 4.57 Å². The molecule has 0 radical (unpaired) electrons. The van der Waals surface area contributed by atoms with Crippen LogP contribution in [0.3, 0.4) is 0 Å². The van der Waals surface area contributed by atoms with E-state index in [0.717, 1.165) is 4.31 Å². The molecule has 1 aliphatic heterocycles. The van der Waals surface area contributed by atoms with Crippen LogP contribution in [0.4, 0.5) is 0 Å². The second kappa shape index (κ2) is 8.20. The van der Waals surface area contributed by atoms with Gasteiger partial charge in [0, 0.05) is 25.2 Å². The first-order chi connectivity index (χ1) is 13.3. The van der Waals surface area contributed by atoms with Gasteiger partial charge in [-0.1, -0.05) is 6.07 Å². The van der Waals surface area contributed by atoms with Crippen molar-refractivity contribution in [3.63, 3.8) is 0 Å². The van der Waals surface area contributed by atoms with Crippen LogP contribution < -0.4 is 10.6 Å². The maximum Gasteiger partial charge on any atom is 0.251 e. The van der Waals surface area contributed by atoms with E-state index < -0.39 is 15.9 Å². The van der Waals surface area contributed by atoms with Gasteiger partial charge in [0.15, 0.2) is 10.6 Å². The van der Waals surface area contributed by atoms with Crippen molar-refractivity contribution in [2.45, 2.75) is 24.9 Å². The molecule has 2 heterocycles. The molecule has 0 bridgehead atoms. The molecule has 0 spiro atoms. The molecule has 3 rings (SSSR count). The molecule has 150 valence electrons. The normalized spacial score (nSPS) is 15.2. The molecule has 1 aliphatic rings. The van der Waals surface area contributed by atoms with E-state index in [-0.39, 0.29) is 42.5 Å². The minimum absolute atomic E-state index is 0.0360. The largest absolute Gasteiger partial charge is 0.354 e. The summed E-state index contributed by atoms with van der Waals surface area (Å²) in [5.74, 6) is -0.220. The van der Waals surface area contributed by atoms with Crippen LogP contribution >= 0.6 is 12.2 Å². The maximum absolute atomic E-state index is 12.8. The van der Waals surface area contributed by atoms with E-state index in [2.05, 4.69) is 20.8 Å². The van der Waals surface area contributed by atoms with E-state index >= 15 is 0 Å². The predicted molar refractivity (Wildman–Crippen MR) is 102 cm³/mol. The zero-order chi connectivity index (χ0) is 20.3. The zero-order valence-corrected chi connectivity index (χ0v) is 16.8. The third-order valence-corrected chi connectivity index (χ3v) is 6.45. The Morgan fingerprint density at radius 3 is 2.89 bits per heavy atom. The fourth-order valence-corrected chi connectivity index (χ4v) is 4.56. The number of hydrogen-bond acceptors (Lipinski definition) is 6. The quantitative estimate of drug-likeness (QED) is 0.560. The monoisotopic (exact) mass is 424 g/mol. The number of nitrogens with one attached hydrogen (secondary N) is 3. The van der Waals surface area contributed by atoms with Gasteiger partial charge >= 0.3 is 0 Å². The van der Waals surface area contributed by atoms with Gasteiger partial charge in [0.1, 0.15) is 0 Å². The molecule has 2 aromatic rings. The molecule has 28 heavy (non-hydrogen) atoms. The van der Waals surface area contributed by atoms with Crippen LogP contribution in [0, 0.1) is 4.77 Å². The number of carbonyl (C=O) groups excluding carboxylic acids is 2. The number of H-pyrrole nitrogens is 1. The summed E-state index contributed by atoms with van der Waals surface area (Å²) in [7, 11) is -3.87. The van der Waals surface area contributed by atoms with Gasteiger partial charge in [-0.3, -0.25) is 14.7 Å². The highest BCUT2D eigenvalue weighted by molar-refractivity contribution is 7.89. The summed E-state index contributed by atoms with van der Waals surface area (Å²) in [5.41, 5.74) is 0.194. The molecule has 0 atom stereocenters. The van der Waals surface area contributed by atoms with Crippen LogP contribution in [0.15, 0.2) is 29.2 Å². The molecular weight excluding hydrogens is 404 g/mol. The van der Waals surface area contributed by atoms with Gasteiger partial charge in [-0.2, -0.15) is 9.40 Å². The van der Waals surface area contributed by atoms with Crippen molar-refractivity contribution in [2.24, 2.45) is 0 Å². The standard InChI is InChI=1S/C16H20N6O4S2/c1-2-22-13(19-20-16(22)27)9-18-15(24)11-4-3-5-12(8-11)28(25,26)21-7-6-17-14(23)10-21/h3-5,8H,2,6-7,9-10H2,1H3,(H,17,23)(H,18,24)(H,20,27). The van der Waals surface area contributed by atoms with Crippen molar-refractivity contribution in [1.82, 2.24) is 29.7 Å².